The van der Waals surface area contributed by atoms with E-state index in [1.807, 2.05) is 6.20 Å². The Labute approximate surface area is 123 Å². The molecule has 1 aromatic rings. The Morgan fingerprint density at radius 3 is 2.40 bits per heavy atom. The first kappa shape index (κ1) is 15.3. The summed E-state index contributed by atoms with van der Waals surface area (Å²) in [4.78, 5) is 4.48. The molecule has 0 saturated heterocycles. The van der Waals surface area contributed by atoms with E-state index >= 15 is 0 Å². The van der Waals surface area contributed by atoms with Gasteiger partial charge in [0.05, 0.1) is 18.0 Å². The molecule has 1 aromatic heterocycles. The zero-order chi connectivity index (χ0) is 14.4. The Morgan fingerprint density at radius 2 is 1.85 bits per heavy atom. The predicted molar refractivity (Wildman–Crippen MR) is 82.9 cm³/mol. The van der Waals surface area contributed by atoms with Gasteiger partial charge in [-0.3, -0.25) is 4.98 Å². The molecule has 0 amide bonds. The van der Waals surface area contributed by atoms with Crippen molar-refractivity contribution in [3.8, 4) is 5.75 Å². The molecule has 0 bridgehead atoms. The average molecular weight is 276 g/mol. The molecule has 0 atom stereocenters. The van der Waals surface area contributed by atoms with Crippen LogP contribution in [0, 0.1) is 0 Å². The van der Waals surface area contributed by atoms with E-state index in [1.54, 1.807) is 0 Å². The van der Waals surface area contributed by atoms with Gasteiger partial charge in [-0.2, -0.15) is 0 Å². The Kier molecular flexibility index (Phi) is 5.41. The van der Waals surface area contributed by atoms with Gasteiger partial charge in [-0.25, -0.2) is 0 Å². The van der Waals surface area contributed by atoms with Gasteiger partial charge in [0, 0.05) is 12.1 Å². The van der Waals surface area contributed by atoms with Crippen LogP contribution in [0.5, 0.6) is 5.75 Å². The number of nitrogens with one attached hydrogen (secondary N) is 1. The number of rotatable bonds is 4. The highest BCUT2D eigenvalue weighted by Gasteiger charge is 2.14. The smallest absolute Gasteiger partial charge is 0.138 e. The van der Waals surface area contributed by atoms with E-state index in [1.165, 1.54) is 38.5 Å². The molecule has 1 N–H and O–H groups in total. The van der Waals surface area contributed by atoms with E-state index in [4.69, 9.17) is 4.74 Å². The molecule has 0 spiro atoms. The lowest BCUT2D eigenvalue weighted by molar-refractivity contribution is 0.183. The van der Waals surface area contributed by atoms with Crippen LogP contribution in [-0.4, -0.2) is 16.6 Å². The van der Waals surface area contributed by atoms with E-state index in [0.717, 1.165) is 18.0 Å². The summed E-state index contributed by atoms with van der Waals surface area (Å²) in [5.41, 5.74) is 1.19. The van der Waals surface area contributed by atoms with Gasteiger partial charge >= 0.3 is 0 Å². The van der Waals surface area contributed by atoms with Gasteiger partial charge in [0.25, 0.3) is 0 Å². The summed E-state index contributed by atoms with van der Waals surface area (Å²) in [5.74, 6) is 0.913. The van der Waals surface area contributed by atoms with Crippen molar-refractivity contribution in [2.45, 2.75) is 77.5 Å². The van der Waals surface area contributed by atoms with Crippen molar-refractivity contribution >= 4 is 0 Å². The van der Waals surface area contributed by atoms with Crippen molar-refractivity contribution in [3.63, 3.8) is 0 Å². The second kappa shape index (κ2) is 7.07. The predicted octanol–water partition coefficient (Wildman–Crippen LogP) is 4.07. The first-order valence-corrected chi connectivity index (χ1v) is 7.89. The molecule has 1 aliphatic carbocycles. The molecule has 1 aliphatic rings. The van der Waals surface area contributed by atoms with Gasteiger partial charge < -0.3 is 10.1 Å². The first-order chi connectivity index (χ1) is 9.53. The van der Waals surface area contributed by atoms with Crippen LogP contribution >= 0.6 is 0 Å². The molecule has 112 valence electrons. The molecule has 0 radical (unpaired) electrons. The van der Waals surface area contributed by atoms with E-state index < -0.39 is 0 Å². The van der Waals surface area contributed by atoms with Crippen molar-refractivity contribution in [1.29, 1.82) is 0 Å². The Morgan fingerprint density at radius 1 is 1.15 bits per heavy atom. The lowest BCUT2D eigenvalue weighted by atomic mass is 10.1. The molecule has 1 heterocycles. The van der Waals surface area contributed by atoms with E-state index in [9.17, 15) is 0 Å². The summed E-state index contributed by atoms with van der Waals surface area (Å²) >= 11 is 0. The first-order valence-electron chi connectivity index (χ1n) is 7.89. The maximum Gasteiger partial charge on any atom is 0.138 e. The minimum Gasteiger partial charge on any atom is -0.489 e. The van der Waals surface area contributed by atoms with Gasteiger partial charge in [0.15, 0.2) is 0 Å². The standard InChI is InChI=1S/C17H28N2O/c1-17(2,3)19-12-14-10-11-16(13-18-14)20-15-8-6-4-5-7-9-15/h10-11,13,15,19H,4-9,12H2,1-3H3. The minimum absolute atomic E-state index is 0.122. The van der Waals surface area contributed by atoms with Crippen molar-refractivity contribution in [2.24, 2.45) is 0 Å². The lowest BCUT2D eigenvalue weighted by Crippen LogP contribution is -2.35. The topological polar surface area (TPSA) is 34.1 Å². The van der Waals surface area contributed by atoms with Gasteiger partial charge in [0.1, 0.15) is 5.75 Å². The van der Waals surface area contributed by atoms with Crippen molar-refractivity contribution in [3.05, 3.63) is 24.0 Å². The molecular formula is C17H28N2O. The van der Waals surface area contributed by atoms with Crippen LogP contribution in [0.1, 0.15) is 65.0 Å². The normalized spacial score (nSPS) is 17.8. The molecule has 1 fully saturated rings. The average Bonchev–Trinajstić information content (AvgIpc) is 2.66. The molecule has 3 nitrogen and oxygen atoms in total. The van der Waals surface area contributed by atoms with Crippen LogP contribution in [0.3, 0.4) is 0 Å². The van der Waals surface area contributed by atoms with Crippen LogP contribution in [0.4, 0.5) is 0 Å². The summed E-state index contributed by atoms with van der Waals surface area (Å²) in [5, 5.41) is 3.44. The Bertz CT molecular complexity index is 386. The third-order valence-electron chi connectivity index (χ3n) is 3.70. The van der Waals surface area contributed by atoms with E-state index in [0.29, 0.717) is 6.10 Å². The van der Waals surface area contributed by atoms with Crippen LogP contribution in [0.25, 0.3) is 0 Å². The van der Waals surface area contributed by atoms with Gasteiger partial charge in [-0.1, -0.05) is 12.8 Å². The summed E-state index contributed by atoms with van der Waals surface area (Å²) in [6, 6.07) is 4.11. The van der Waals surface area contributed by atoms with Crippen LogP contribution in [-0.2, 0) is 6.54 Å². The molecule has 20 heavy (non-hydrogen) atoms. The molecule has 0 aliphatic heterocycles. The van der Waals surface area contributed by atoms with E-state index in [2.05, 4.69) is 43.2 Å². The largest absolute Gasteiger partial charge is 0.489 e. The van der Waals surface area contributed by atoms with Crippen LogP contribution in [0.2, 0.25) is 0 Å². The summed E-state index contributed by atoms with van der Waals surface area (Å²) in [6.45, 7) is 7.29. The maximum absolute atomic E-state index is 6.05. The van der Waals surface area contributed by atoms with Crippen LogP contribution in [0.15, 0.2) is 18.3 Å². The minimum atomic E-state index is 0.122. The Hall–Kier alpha value is -1.09. The molecule has 0 aromatic carbocycles. The molecule has 0 unspecified atom stereocenters. The summed E-state index contributed by atoms with van der Waals surface area (Å²) < 4.78 is 6.05. The highest BCUT2D eigenvalue weighted by atomic mass is 16.5. The van der Waals surface area contributed by atoms with Crippen molar-refractivity contribution in [2.75, 3.05) is 0 Å². The number of hydrogen-bond acceptors (Lipinski definition) is 3. The number of aromatic nitrogens is 1. The fourth-order valence-corrected chi connectivity index (χ4v) is 2.49. The van der Waals surface area contributed by atoms with Crippen molar-refractivity contribution < 1.29 is 4.74 Å². The van der Waals surface area contributed by atoms with Gasteiger partial charge in [-0.05, 0) is 58.6 Å². The van der Waals surface area contributed by atoms with Crippen molar-refractivity contribution in [1.82, 2.24) is 10.3 Å². The molecular weight excluding hydrogens is 248 g/mol. The summed E-state index contributed by atoms with van der Waals surface area (Å²) in [7, 11) is 0. The Balaban J connectivity index is 1.84. The monoisotopic (exact) mass is 276 g/mol. The number of pyridine rings is 1. The lowest BCUT2D eigenvalue weighted by Gasteiger charge is -2.20. The SMILES string of the molecule is CC(C)(C)NCc1ccc(OC2CCCCCC2)cn1. The third kappa shape index (κ3) is 5.49. The second-order valence-corrected chi connectivity index (χ2v) is 6.82. The molecule has 1 saturated carbocycles. The second-order valence-electron chi connectivity index (χ2n) is 6.82. The summed E-state index contributed by atoms with van der Waals surface area (Å²) in [6.07, 6.45) is 9.94. The highest BCUT2D eigenvalue weighted by molar-refractivity contribution is 5.20. The third-order valence-corrected chi connectivity index (χ3v) is 3.70. The van der Waals surface area contributed by atoms with Gasteiger partial charge in [0.2, 0.25) is 0 Å². The molecule has 3 heteroatoms. The quantitative estimate of drug-likeness (QED) is 0.842. The zero-order valence-corrected chi connectivity index (χ0v) is 13.1. The fraction of sp³-hybridized carbons (Fsp3) is 0.706. The number of nitrogens with zero attached hydrogens (tertiary/aromatic N) is 1. The molecule has 2 rings (SSSR count). The van der Waals surface area contributed by atoms with Gasteiger partial charge in [-0.15, -0.1) is 0 Å². The maximum atomic E-state index is 6.05. The fourth-order valence-electron chi connectivity index (χ4n) is 2.49. The van der Waals surface area contributed by atoms with E-state index in [-0.39, 0.29) is 5.54 Å². The van der Waals surface area contributed by atoms with Crippen LogP contribution < -0.4 is 10.1 Å². The highest BCUT2D eigenvalue weighted by Crippen LogP contribution is 2.22. The number of hydrogen-bond donors (Lipinski definition) is 1. The number of ether oxygens (including phenoxy) is 1. The zero-order valence-electron chi connectivity index (χ0n) is 13.1.